The van der Waals surface area contributed by atoms with Gasteiger partial charge in [-0.25, -0.2) is 9.36 Å². The molecule has 4 N–H and O–H groups in total. The van der Waals surface area contributed by atoms with Gasteiger partial charge in [0.05, 0.1) is 12.7 Å². The van der Waals surface area contributed by atoms with Crippen molar-refractivity contribution in [3.8, 4) is 5.75 Å². The third-order valence-corrected chi connectivity index (χ3v) is 6.54. The van der Waals surface area contributed by atoms with Crippen LogP contribution in [-0.2, 0) is 23.4 Å². The minimum atomic E-state index is -4.24. The minimum absolute atomic E-state index is 0.179. The Hall–Kier alpha value is -2.80. The zero-order valence-electron chi connectivity index (χ0n) is 19.3. The molecule has 0 bridgehead atoms. The van der Waals surface area contributed by atoms with Crippen molar-refractivity contribution in [3.63, 3.8) is 0 Å². The lowest BCUT2D eigenvalue weighted by Crippen LogP contribution is -2.38. The number of hydrogen-bond acceptors (Lipinski definition) is 10. The molecule has 0 spiro atoms. The van der Waals surface area contributed by atoms with Crippen molar-refractivity contribution in [2.75, 3.05) is 6.61 Å². The third-order valence-electron chi connectivity index (χ3n) is 4.90. The first-order valence-corrected chi connectivity index (χ1v) is 12.3. The number of aliphatic hydroxyl groups excluding tert-OH is 2. The summed E-state index contributed by atoms with van der Waals surface area (Å²) in [5, 5.41) is 23.3. The number of aliphatic hydroxyl groups is 2. The van der Waals surface area contributed by atoms with Crippen LogP contribution in [0, 0.1) is 0 Å². The van der Waals surface area contributed by atoms with Gasteiger partial charge in [0.25, 0.3) is 5.56 Å². The second kappa shape index (κ2) is 11.3. The molecule has 35 heavy (non-hydrogen) atoms. The lowest BCUT2D eigenvalue weighted by atomic mass is 10.1. The average Bonchev–Trinajstić information content (AvgIpc) is 3.06. The van der Waals surface area contributed by atoms with E-state index in [1.807, 2.05) is 4.98 Å². The van der Waals surface area contributed by atoms with Gasteiger partial charge in [0.15, 0.2) is 6.23 Å². The number of esters is 1. The molecule has 1 unspecified atom stereocenters. The van der Waals surface area contributed by atoms with Crippen LogP contribution in [0.25, 0.3) is 0 Å². The third kappa shape index (κ3) is 6.88. The lowest BCUT2D eigenvalue weighted by molar-refractivity contribution is -0.149. The summed E-state index contributed by atoms with van der Waals surface area (Å²) < 4.78 is 36.1. The van der Waals surface area contributed by atoms with Crippen LogP contribution in [0.15, 0.2) is 52.2 Å². The first kappa shape index (κ1) is 26.8. The molecule has 0 amide bonds. The van der Waals surface area contributed by atoms with Gasteiger partial charge >= 0.3 is 19.4 Å². The van der Waals surface area contributed by atoms with Crippen LogP contribution in [0.4, 0.5) is 0 Å². The van der Waals surface area contributed by atoms with Crippen molar-refractivity contribution in [2.24, 2.45) is 0 Å². The Morgan fingerprint density at radius 3 is 2.49 bits per heavy atom. The monoisotopic (exact) mass is 513 g/mol. The normalized spacial score (nSPS) is 24.6. The van der Waals surface area contributed by atoms with Crippen molar-refractivity contribution in [3.05, 3.63) is 63.4 Å². The van der Waals surface area contributed by atoms with Gasteiger partial charge in [0.2, 0.25) is 0 Å². The molecule has 1 saturated heterocycles. The summed E-state index contributed by atoms with van der Waals surface area (Å²) in [4.78, 5) is 37.6. The number of nitrogens with one attached hydrogen (secondary N) is 2. The number of aromatic amines is 1. The van der Waals surface area contributed by atoms with Crippen LogP contribution in [0.2, 0.25) is 0 Å². The van der Waals surface area contributed by atoms with Gasteiger partial charge in [-0.15, -0.1) is 0 Å². The average molecular weight is 513 g/mol. The van der Waals surface area contributed by atoms with Crippen LogP contribution in [-0.4, -0.2) is 62.8 Å². The predicted molar refractivity (Wildman–Crippen MR) is 122 cm³/mol. The molecule has 2 heterocycles. The SMILES string of the molecule is CC(C)OC(=O)[C@@H](C)NP(=O)(OC[C@H]1O[C@H](n2ccc(=O)[nH]c2=O)[C@@H](O)[C@@H]1O)Oc1ccccc1. The second-order valence-corrected chi connectivity index (χ2v) is 9.79. The number of carbonyl (C=O) groups excluding carboxylic acids is 1. The lowest BCUT2D eigenvalue weighted by Gasteiger charge is -2.25. The molecule has 3 rings (SSSR count). The molecule has 1 aliphatic heterocycles. The van der Waals surface area contributed by atoms with E-state index in [9.17, 15) is 29.2 Å². The zero-order valence-corrected chi connectivity index (χ0v) is 20.2. The zero-order chi connectivity index (χ0) is 25.8. The molecule has 14 heteroatoms. The largest absolute Gasteiger partial charge is 0.462 e. The minimum Gasteiger partial charge on any atom is -0.462 e. The number of para-hydroxylation sites is 1. The van der Waals surface area contributed by atoms with E-state index >= 15 is 0 Å². The molecule has 1 aliphatic rings. The fraction of sp³-hybridized carbons (Fsp3) is 0.476. The maximum atomic E-state index is 13.5. The highest BCUT2D eigenvalue weighted by Gasteiger charge is 2.45. The first-order valence-electron chi connectivity index (χ1n) is 10.8. The number of aromatic nitrogens is 2. The first-order chi connectivity index (χ1) is 16.5. The molecule has 192 valence electrons. The fourth-order valence-electron chi connectivity index (χ4n) is 3.23. The maximum absolute atomic E-state index is 13.5. The van der Waals surface area contributed by atoms with Crippen molar-refractivity contribution < 1.29 is 38.1 Å². The van der Waals surface area contributed by atoms with Gasteiger partial charge in [-0.2, -0.15) is 5.09 Å². The van der Waals surface area contributed by atoms with E-state index in [1.165, 1.54) is 19.1 Å². The van der Waals surface area contributed by atoms with Gasteiger partial charge in [0, 0.05) is 12.3 Å². The van der Waals surface area contributed by atoms with E-state index in [0.717, 1.165) is 16.8 Å². The van der Waals surface area contributed by atoms with E-state index < -0.39 is 68.3 Å². The molecular weight excluding hydrogens is 485 g/mol. The van der Waals surface area contributed by atoms with Gasteiger partial charge < -0.3 is 24.2 Å². The Labute approximate surface area is 200 Å². The Balaban J connectivity index is 1.75. The van der Waals surface area contributed by atoms with Crippen LogP contribution in [0.3, 0.4) is 0 Å². The number of carbonyl (C=O) groups is 1. The van der Waals surface area contributed by atoms with Gasteiger partial charge in [-0.1, -0.05) is 18.2 Å². The summed E-state index contributed by atoms with van der Waals surface area (Å²) in [6.45, 7) is 4.19. The number of H-pyrrole nitrogens is 1. The molecule has 0 aliphatic carbocycles. The van der Waals surface area contributed by atoms with Crippen LogP contribution < -0.4 is 20.9 Å². The number of rotatable bonds is 10. The summed E-state index contributed by atoms with van der Waals surface area (Å²) in [5.74, 6) is -0.510. The summed E-state index contributed by atoms with van der Waals surface area (Å²) >= 11 is 0. The molecule has 13 nitrogen and oxygen atoms in total. The summed E-state index contributed by atoms with van der Waals surface area (Å²) in [7, 11) is -4.24. The molecule has 0 radical (unpaired) electrons. The van der Waals surface area contributed by atoms with Crippen molar-refractivity contribution >= 4 is 13.7 Å². The molecule has 1 aromatic carbocycles. The van der Waals surface area contributed by atoms with Crippen molar-refractivity contribution in [1.82, 2.24) is 14.6 Å². The second-order valence-electron chi connectivity index (χ2n) is 8.10. The Bertz CT molecular complexity index is 1170. The van der Waals surface area contributed by atoms with Crippen LogP contribution in [0.5, 0.6) is 5.75 Å². The smallest absolute Gasteiger partial charge is 0.459 e. The molecule has 0 saturated carbocycles. The highest BCUT2D eigenvalue weighted by molar-refractivity contribution is 7.52. The molecule has 2 aromatic rings. The van der Waals surface area contributed by atoms with Gasteiger partial charge in [-0.3, -0.25) is 23.7 Å². The number of nitrogens with zero attached hydrogens (tertiary/aromatic N) is 1. The number of ether oxygens (including phenoxy) is 2. The Morgan fingerprint density at radius 2 is 1.86 bits per heavy atom. The van der Waals surface area contributed by atoms with Crippen molar-refractivity contribution in [2.45, 2.75) is 57.5 Å². The van der Waals surface area contributed by atoms with Gasteiger partial charge in [-0.05, 0) is 32.9 Å². The van der Waals surface area contributed by atoms with E-state index in [4.69, 9.17) is 18.5 Å². The summed E-state index contributed by atoms with van der Waals surface area (Å²) in [6, 6.07) is 8.02. The molecule has 6 atom stereocenters. The topological polar surface area (TPSA) is 178 Å². The number of hydrogen-bond donors (Lipinski definition) is 4. The quantitative estimate of drug-likeness (QED) is 0.253. The van der Waals surface area contributed by atoms with E-state index in [2.05, 4.69) is 5.09 Å². The maximum Gasteiger partial charge on any atom is 0.459 e. The van der Waals surface area contributed by atoms with Gasteiger partial charge in [0.1, 0.15) is 30.1 Å². The summed E-state index contributed by atoms with van der Waals surface area (Å²) in [6.07, 6.45) is -4.97. The van der Waals surface area contributed by atoms with E-state index in [0.29, 0.717) is 0 Å². The number of benzene rings is 1. The molecule has 1 aromatic heterocycles. The highest BCUT2D eigenvalue weighted by Crippen LogP contribution is 2.46. The van der Waals surface area contributed by atoms with Crippen molar-refractivity contribution in [1.29, 1.82) is 0 Å². The Morgan fingerprint density at radius 1 is 1.17 bits per heavy atom. The van der Waals surface area contributed by atoms with Crippen LogP contribution in [0.1, 0.15) is 27.0 Å². The molecular formula is C21H28N3O10P. The fourth-order valence-corrected chi connectivity index (χ4v) is 4.73. The standard InChI is InChI=1S/C21H28N3O10P/c1-12(2)32-20(28)13(3)23-35(30,34-14-7-5-4-6-8-14)31-11-15-17(26)18(27)19(33-15)24-10-9-16(25)22-21(24)29/h4-10,12-13,15,17-19,26-27H,11H2,1-3H3,(H,23,30)(H,22,25,29)/t13-,15-,17-,18+,19+,35?/m1/s1. The van der Waals surface area contributed by atoms with Crippen LogP contribution >= 0.6 is 7.75 Å². The predicted octanol–water partition coefficient (Wildman–Crippen LogP) is 0.289. The van der Waals surface area contributed by atoms with E-state index in [-0.39, 0.29) is 5.75 Å². The highest BCUT2D eigenvalue weighted by atomic mass is 31.2. The molecule has 1 fully saturated rings. The Kier molecular flexibility index (Phi) is 8.65. The van der Waals surface area contributed by atoms with E-state index in [1.54, 1.807) is 32.0 Å². The summed E-state index contributed by atoms with van der Waals surface area (Å²) in [5.41, 5.74) is -1.50.